The maximum atomic E-state index is 11.5. The normalized spacial score (nSPS) is 16.3. The van der Waals surface area contributed by atoms with Crippen molar-refractivity contribution in [2.75, 3.05) is 6.54 Å². The zero-order chi connectivity index (χ0) is 13.2. The van der Waals surface area contributed by atoms with E-state index in [0.717, 1.165) is 22.6 Å². The van der Waals surface area contributed by atoms with Crippen LogP contribution >= 0.6 is 22.7 Å². The van der Waals surface area contributed by atoms with Crippen LogP contribution in [0.2, 0.25) is 0 Å². The van der Waals surface area contributed by atoms with Crippen LogP contribution in [0.15, 0.2) is 29.6 Å². The minimum atomic E-state index is -0.610. The van der Waals surface area contributed by atoms with Crippen LogP contribution in [0, 0.1) is 5.92 Å². The van der Waals surface area contributed by atoms with Gasteiger partial charge in [0.2, 0.25) is 5.91 Å². The summed E-state index contributed by atoms with van der Waals surface area (Å²) >= 11 is 3.27. The van der Waals surface area contributed by atoms with E-state index >= 15 is 0 Å². The molecule has 2 heterocycles. The molecular formula is C14H15NO2S2. The molecule has 1 fully saturated rings. The molecule has 3 rings (SSSR count). The van der Waals surface area contributed by atoms with E-state index in [-0.39, 0.29) is 11.8 Å². The van der Waals surface area contributed by atoms with Crippen molar-refractivity contribution in [1.29, 1.82) is 0 Å². The van der Waals surface area contributed by atoms with Crippen molar-refractivity contribution in [1.82, 2.24) is 5.32 Å². The molecule has 2 N–H and O–H groups in total. The van der Waals surface area contributed by atoms with E-state index < -0.39 is 6.10 Å². The number of hydrogen-bond acceptors (Lipinski definition) is 4. The Hall–Kier alpha value is -1.17. The van der Waals surface area contributed by atoms with Gasteiger partial charge >= 0.3 is 0 Å². The number of rotatable bonds is 5. The van der Waals surface area contributed by atoms with Gasteiger partial charge in [-0.1, -0.05) is 6.07 Å². The van der Waals surface area contributed by atoms with E-state index in [1.165, 1.54) is 4.88 Å². The quantitative estimate of drug-likeness (QED) is 0.890. The lowest BCUT2D eigenvalue weighted by Crippen LogP contribution is -2.29. The Kier molecular flexibility index (Phi) is 3.68. The van der Waals surface area contributed by atoms with Gasteiger partial charge in [0.15, 0.2) is 0 Å². The molecule has 1 atom stereocenters. The van der Waals surface area contributed by atoms with Crippen molar-refractivity contribution in [3.05, 3.63) is 34.5 Å². The van der Waals surface area contributed by atoms with Gasteiger partial charge in [-0.2, -0.15) is 0 Å². The van der Waals surface area contributed by atoms with Crippen molar-refractivity contribution in [2.24, 2.45) is 5.92 Å². The van der Waals surface area contributed by atoms with E-state index in [0.29, 0.717) is 6.54 Å². The molecular weight excluding hydrogens is 278 g/mol. The molecule has 2 aromatic rings. The first-order chi connectivity index (χ1) is 9.24. The Morgan fingerprint density at radius 1 is 1.37 bits per heavy atom. The van der Waals surface area contributed by atoms with Gasteiger partial charge in [-0.15, -0.1) is 22.7 Å². The van der Waals surface area contributed by atoms with Gasteiger partial charge in [0.1, 0.15) is 6.10 Å². The van der Waals surface area contributed by atoms with Gasteiger partial charge in [-0.05, 0) is 36.4 Å². The highest BCUT2D eigenvalue weighted by atomic mass is 32.1. The van der Waals surface area contributed by atoms with Crippen LogP contribution in [0.5, 0.6) is 0 Å². The van der Waals surface area contributed by atoms with Gasteiger partial charge in [0.05, 0.1) is 0 Å². The summed E-state index contributed by atoms with van der Waals surface area (Å²) in [6.07, 6.45) is 1.37. The second-order valence-corrected chi connectivity index (χ2v) is 6.78. The van der Waals surface area contributed by atoms with Crippen LogP contribution in [-0.2, 0) is 4.79 Å². The molecule has 1 aliphatic carbocycles. The van der Waals surface area contributed by atoms with E-state index in [9.17, 15) is 9.90 Å². The maximum absolute atomic E-state index is 11.5. The Morgan fingerprint density at radius 3 is 2.89 bits per heavy atom. The second-order valence-electron chi connectivity index (χ2n) is 4.71. The Labute approximate surface area is 119 Å². The zero-order valence-corrected chi connectivity index (χ0v) is 12.0. The first kappa shape index (κ1) is 12.8. The number of aliphatic hydroxyl groups excluding tert-OH is 1. The summed E-state index contributed by atoms with van der Waals surface area (Å²) < 4.78 is 0. The van der Waals surface area contributed by atoms with Crippen molar-refractivity contribution in [3.63, 3.8) is 0 Å². The summed E-state index contributed by atoms with van der Waals surface area (Å²) in [5, 5.41) is 14.9. The molecule has 0 unspecified atom stereocenters. The van der Waals surface area contributed by atoms with E-state index in [1.807, 2.05) is 23.6 Å². The smallest absolute Gasteiger partial charge is 0.223 e. The number of carbonyl (C=O) groups excluding carboxylic acids is 1. The number of aliphatic hydroxyl groups is 1. The van der Waals surface area contributed by atoms with Crippen molar-refractivity contribution in [2.45, 2.75) is 18.9 Å². The first-order valence-electron chi connectivity index (χ1n) is 6.33. The van der Waals surface area contributed by atoms with Crippen molar-refractivity contribution in [3.8, 4) is 9.75 Å². The molecule has 0 saturated heterocycles. The molecule has 5 heteroatoms. The lowest BCUT2D eigenvalue weighted by atomic mass is 10.2. The fraction of sp³-hybridized carbons (Fsp3) is 0.357. The minimum Gasteiger partial charge on any atom is -0.386 e. The minimum absolute atomic E-state index is 0.0779. The number of thiophene rings is 2. The number of hydrogen-bond donors (Lipinski definition) is 2. The molecule has 2 aromatic heterocycles. The van der Waals surface area contributed by atoms with Crippen LogP contribution in [0.4, 0.5) is 0 Å². The van der Waals surface area contributed by atoms with Crippen molar-refractivity contribution >= 4 is 28.6 Å². The average molecular weight is 293 g/mol. The fourth-order valence-corrected chi connectivity index (χ4v) is 3.70. The third-order valence-electron chi connectivity index (χ3n) is 3.14. The number of nitrogens with one attached hydrogen (secondary N) is 1. The highest BCUT2D eigenvalue weighted by Gasteiger charge is 2.29. The highest BCUT2D eigenvalue weighted by Crippen LogP contribution is 2.34. The Morgan fingerprint density at radius 2 is 2.21 bits per heavy atom. The van der Waals surface area contributed by atoms with Crippen LogP contribution in [0.1, 0.15) is 23.8 Å². The van der Waals surface area contributed by atoms with E-state index in [4.69, 9.17) is 0 Å². The Bertz CT molecular complexity index is 558. The van der Waals surface area contributed by atoms with Gasteiger partial charge in [-0.25, -0.2) is 0 Å². The van der Waals surface area contributed by atoms with Crippen LogP contribution in [-0.4, -0.2) is 17.6 Å². The molecule has 1 aliphatic rings. The Balaban J connectivity index is 1.60. The summed E-state index contributed by atoms with van der Waals surface area (Å²) in [4.78, 5) is 14.8. The SMILES string of the molecule is O=C(NC[C@@H](O)c1ccc(-c2cccs2)s1)C1CC1. The fourth-order valence-electron chi connectivity index (χ4n) is 1.87. The molecule has 0 spiro atoms. The molecule has 3 nitrogen and oxygen atoms in total. The van der Waals surface area contributed by atoms with Gasteiger partial charge in [0.25, 0.3) is 0 Å². The summed E-state index contributed by atoms with van der Waals surface area (Å²) in [6, 6.07) is 8.05. The van der Waals surface area contributed by atoms with Crippen LogP contribution < -0.4 is 5.32 Å². The number of amides is 1. The summed E-state index contributed by atoms with van der Waals surface area (Å²) in [7, 11) is 0. The lowest BCUT2D eigenvalue weighted by Gasteiger charge is -2.09. The molecule has 0 radical (unpaired) electrons. The third-order valence-corrected chi connectivity index (χ3v) is 5.39. The summed E-state index contributed by atoms with van der Waals surface area (Å²) in [6.45, 7) is 0.305. The van der Waals surface area contributed by atoms with E-state index in [2.05, 4.69) is 11.4 Å². The monoisotopic (exact) mass is 293 g/mol. The number of carbonyl (C=O) groups is 1. The lowest BCUT2D eigenvalue weighted by molar-refractivity contribution is -0.122. The second kappa shape index (κ2) is 5.45. The predicted octanol–water partition coefficient (Wildman–Crippen LogP) is 3.04. The molecule has 0 aromatic carbocycles. The molecule has 0 bridgehead atoms. The highest BCUT2D eigenvalue weighted by molar-refractivity contribution is 7.21. The molecule has 0 aliphatic heterocycles. The average Bonchev–Trinajstić information content (AvgIpc) is 2.94. The maximum Gasteiger partial charge on any atom is 0.223 e. The summed E-state index contributed by atoms with van der Waals surface area (Å²) in [5.74, 6) is 0.270. The molecule has 100 valence electrons. The largest absolute Gasteiger partial charge is 0.386 e. The molecule has 19 heavy (non-hydrogen) atoms. The predicted molar refractivity (Wildman–Crippen MR) is 78.3 cm³/mol. The standard InChI is InChI=1S/C14H15NO2S2/c16-10(8-15-14(17)9-3-4-9)11-5-6-13(19-11)12-2-1-7-18-12/h1-2,5-7,9-10,16H,3-4,8H2,(H,15,17)/t10-/m1/s1. The third kappa shape index (κ3) is 3.05. The first-order valence-corrected chi connectivity index (χ1v) is 8.03. The van der Waals surface area contributed by atoms with Gasteiger partial charge < -0.3 is 10.4 Å². The van der Waals surface area contributed by atoms with Gasteiger partial charge in [-0.3, -0.25) is 4.79 Å². The van der Waals surface area contributed by atoms with Gasteiger partial charge in [0, 0.05) is 27.1 Å². The van der Waals surface area contributed by atoms with Crippen LogP contribution in [0.3, 0.4) is 0 Å². The summed E-state index contributed by atoms with van der Waals surface area (Å²) in [5.41, 5.74) is 0. The molecule has 1 amide bonds. The zero-order valence-electron chi connectivity index (χ0n) is 10.3. The van der Waals surface area contributed by atoms with Crippen molar-refractivity contribution < 1.29 is 9.90 Å². The van der Waals surface area contributed by atoms with Crippen LogP contribution in [0.25, 0.3) is 9.75 Å². The van der Waals surface area contributed by atoms with E-state index in [1.54, 1.807) is 22.7 Å². The molecule has 1 saturated carbocycles. The topological polar surface area (TPSA) is 49.3 Å².